The van der Waals surface area contributed by atoms with E-state index < -0.39 is 46.6 Å². The van der Waals surface area contributed by atoms with E-state index in [0.717, 1.165) is 26.2 Å². The van der Waals surface area contributed by atoms with Gasteiger partial charge in [0.25, 0.3) is 0 Å². The van der Waals surface area contributed by atoms with E-state index in [-0.39, 0.29) is 36.7 Å². The summed E-state index contributed by atoms with van der Waals surface area (Å²) in [6.45, 7) is 0.203. The van der Waals surface area contributed by atoms with E-state index in [2.05, 4.69) is 0 Å². The third kappa shape index (κ3) is 5.51. The van der Waals surface area contributed by atoms with Gasteiger partial charge in [0.15, 0.2) is 0 Å². The molecule has 2 aliphatic rings. The maximum absolute atomic E-state index is 14.4. The number of carbonyl (C=O) groups is 3. The predicted molar refractivity (Wildman–Crippen MR) is 160 cm³/mol. The summed E-state index contributed by atoms with van der Waals surface area (Å²) >= 11 is 0. The summed E-state index contributed by atoms with van der Waals surface area (Å²) in [6.07, 6.45) is -1.41. The number of carboxylic acids is 1. The van der Waals surface area contributed by atoms with E-state index in [9.17, 15) is 27.9 Å². The molecule has 0 radical (unpaired) electrons. The van der Waals surface area contributed by atoms with Gasteiger partial charge in [0.05, 0.1) is 11.4 Å². The highest BCUT2D eigenvalue weighted by molar-refractivity contribution is 7.89. The van der Waals surface area contributed by atoms with E-state index in [1.165, 1.54) is 11.0 Å². The highest BCUT2D eigenvalue weighted by atomic mass is 32.2. The van der Waals surface area contributed by atoms with Crippen LogP contribution in [0.15, 0.2) is 108 Å². The van der Waals surface area contributed by atoms with Gasteiger partial charge >= 0.3 is 5.97 Å². The van der Waals surface area contributed by atoms with Crippen LogP contribution in [-0.2, 0) is 37.4 Å². The lowest BCUT2D eigenvalue weighted by Crippen LogP contribution is -2.63. The van der Waals surface area contributed by atoms with Crippen molar-refractivity contribution in [2.75, 3.05) is 6.54 Å². The molecule has 4 aromatic carbocycles. The Morgan fingerprint density at radius 2 is 1.40 bits per heavy atom. The van der Waals surface area contributed by atoms with Crippen molar-refractivity contribution in [3.05, 3.63) is 114 Å². The summed E-state index contributed by atoms with van der Waals surface area (Å²) in [7, 11) is -4.30. The number of benzene rings is 4. The first kappa shape index (κ1) is 28.6. The summed E-state index contributed by atoms with van der Waals surface area (Å²) in [5, 5.41) is 11.1. The van der Waals surface area contributed by atoms with Gasteiger partial charge in [-0.25, -0.2) is 8.42 Å². The van der Waals surface area contributed by atoms with E-state index in [4.69, 9.17) is 0 Å². The van der Waals surface area contributed by atoms with Gasteiger partial charge in [-0.1, -0.05) is 91.0 Å². The topological polar surface area (TPSA) is 115 Å². The minimum atomic E-state index is -4.30. The van der Waals surface area contributed by atoms with Crippen LogP contribution in [-0.4, -0.2) is 70.2 Å². The van der Waals surface area contributed by atoms with Crippen molar-refractivity contribution in [2.45, 2.75) is 49.0 Å². The molecule has 10 heteroatoms. The molecule has 3 atom stereocenters. The van der Waals surface area contributed by atoms with Crippen molar-refractivity contribution in [2.24, 2.45) is 0 Å². The van der Waals surface area contributed by atoms with Gasteiger partial charge in [-0.15, -0.1) is 0 Å². The Hall–Kier alpha value is -4.54. The molecule has 9 nitrogen and oxygen atoms in total. The van der Waals surface area contributed by atoms with Crippen molar-refractivity contribution in [1.82, 2.24) is 14.1 Å². The molecule has 220 valence electrons. The molecule has 2 saturated heterocycles. The summed E-state index contributed by atoms with van der Waals surface area (Å²) in [4.78, 5) is 42.8. The van der Waals surface area contributed by atoms with Crippen LogP contribution in [0.1, 0.15) is 24.0 Å². The molecule has 2 amide bonds. The zero-order valence-electron chi connectivity index (χ0n) is 23.3. The Morgan fingerprint density at radius 3 is 2.07 bits per heavy atom. The molecule has 43 heavy (non-hydrogen) atoms. The number of hydrogen-bond acceptors (Lipinski definition) is 5. The summed E-state index contributed by atoms with van der Waals surface area (Å²) in [5.74, 6) is -1.97. The highest BCUT2D eigenvalue weighted by Crippen LogP contribution is 2.38. The Balaban J connectivity index is 1.45. The van der Waals surface area contributed by atoms with Gasteiger partial charge in [-0.05, 0) is 40.5 Å². The molecule has 2 heterocycles. The minimum absolute atomic E-state index is 0.00675. The number of fused-ring (bicyclic) bond motifs is 2. The standard InChI is InChI=1S/C33H31N3O6S/c37-31(38)18-17-28-33(40)35-29(19-23-9-3-1-4-10-23)32(39)34(21-24-11-5-2-6-12-24)22-30(35)36(28)43(41,42)27-16-15-25-13-7-8-14-26(25)20-27/h1-16,20,28-30H,17-19,21-22H2,(H,37,38)/t28-,29-,30-/m0/s1. The molecule has 6 rings (SSSR count). The number of piperazine rings is 1. The van der Waals surface area contributed by atoms with Crippen molar-refractivity contribution in [3.8, 4) is 0 Å². The summed E-state index contributed by atoms with van der Waals surface area (Å²) in [5.41, 5.74) is 1.70. The fourth-order valence-corrected chi connectivity index (χ4v) is 7.94. The van der Waals surface area contributed by atoms with E-state index in [0.29, 0.717) is 0 Å². The molecule has 2 aliphatic heterocycles. The van der Waals surface area contributed by atoms with E-state index in [1.54, 1.807) is 17.0 Å². The SMILES string of the molecule is O=C(O)CC[C@H]1C(=O)N2[C@@H](Cc3ccccc3)C(=O)N(Cc3ccccc3)C[C@@H]2N1S(=O)(=O)c1ccc2ccccc2c1. The average Bonchev–Trinajstić information content (AvgIpc) is 3.30. The van der Waals surface area contributed by atoms with Crippen molar-refractivity contribution < 1.29 is 27.9 Å². The second-order valence-corrected chi connectivity index (χ2v) is 12.8. The van der Waals surface area contributed by atoms with Crippen molar-refractivity contribution >= 4 is 38.6 Å². The van der Waals surface area contributed by atoms with Gasteiger partial charge < -0.3 is 14.9 Å². The lowest BCUT2D eigenvalue weighted by atomic mass is 9.99. The smallest absolute Gasteiger partial charge is 0.303 e. The van der Waals surface area contributed by atoms with Crippen LogP contribution >= 0.6 is 0 Å². The molecule has 0 aromatic heterocycles. The second-order valence-electron chi connectivity index (χ2n) is 10.9. The summed E-state index contributed by atoms with van der Waals surface area (Å²) < 4.78 is 30.0. The van der Waals surface area contributed by atoms with Crippen LogP contribution in [0, 0.1) is 0 Å². The molecule has 2 fully saturated rings. The van der Waals surface area contributed by atoms with Crippen LogP contribution in [0.2, 0.25) is 0 Å². The van der Waals surface area contributed by atoms with Gasteiger partial charge in [-0.2, -0.15) is 4.31 Å². The normalized spacial score (nSPS) is 20.9. The minimum Gasteiger partial charge on any atom is -0.481 e. The fraction of sp³-hybridized carbons (Fsp3) is 0.242. The number of hydrogen-bond donors (Lipinski definition) is 1. The summed E-state index contributed by atoms with van der Waals surface area (Å²) in [6, 6.07) is 28.6. The van der Waals surface area contributed by atoms with Crippen LogP contribution in [0.25, 0.3) is 10.8 Å². The molecular weight excluding hydrogens is 566 g/mol. The first-order valence-corrected chi connectivity index (χ1v) is 15.6. The lowest BCUT2D eigenvalue weighted by Gasteiger charge is -2.44. The largest absolute Gasteiger partial charge is 0.481 e. The monoisotopic (exact) mass is 597 g/mol. The highest BCUT2D eigenvalue weighted by Gasteiger charge is 2.58. The Morgan fingerprint density at radius 1 is 0.767 bits per heavy atom. The van der Waals surface area contributed by atoms with Crippen molar-refractivity contribution in [3.63, 3.8) is 0 Å². The second kappa shape index (κ2) is 11.6. The van der Waals surface area contributed by atoms with Gasteiger partial charge in [-0.3, -0.25) is 14.4 Å². The Kier molecular flexibility index (Phi) is 7.72. The lowest BCUT2D eigenvalue weighted by molar-refractivity contribution is -0.153. The molecule has 0 aliphatic carbocycles. The number of nitrogens with zero attached hydrogens (tertiary/aromatic N) is 3. The zero-order chi connectivity index (χ0) is 30.1. The van der Waals surface area contributed by atoms with Gasteiger partial charge in [0.2, 0.25) is 21.8 Å². The number of carbonyl (C=O) groups excluding carboxylic acids is 2. The first-order valence-electron chi connectivity index (χ1n) is 14.2. The maximum atomic E-state index is 14.4. The van der Waals surface area contributed by atoms with Gasteiger partial charge in [0, 0.05) is 19.4 Å². The molecular formula is C33H31N3O6S. The molecule has 0 bridgehead atoms. The van der Waals surface area contributed by atoms with Crippen LogP contribution in [0.3, 0.4) is 0 Å². The average molecular weight is 598 g/mol. The number of carboxylic acid groups (broad SMARTS) is 1. The zero-order valence-corrected chi connectivity index (χ0v) is 24.1. The first-order chi connectivity index (χ1) is 20.7. The fourth-order valence-electron chi connectivity index (χ4n) is 6.16. The van der Waals surface area contributed by atoms with Crippen LogP contribution < -0.4 is 0 Å². The van der Waals surface area contributed by atoms with Crippen molar-refractivity contribution in [1.29, 1.82) is 0 Å². The molecule has 1 N–H and O–H groups in total. The third-order valence-corrected chi connectivity index (χ3v) is 10.1. The number of aliphatic carboxylic acids is 1. The van der Waals surface area contributed by atoms with Crippen LogP contribution in [0.5, 0.6) is 0 Å². The van der Waals surface area contributed by atoms with E-state index >= 15 is 0 Å². The number of amides is 2. The Labute approximate surface area is 250 Å². The molecule has 0 spiro atoms. The van der Waals surface area contributed by atoms with E-state index in [1.807, 2.05) is 84.9 Å². The maximum Gasteiger partial charge on any atom is 0.303 e. The number of sulfonamides is 1. The van der Waals surface area contributed by atoms with Crippen LogP contribution in [0.4, 0.5) is 0 Å². The predicted octanol–water partition coefficient (Wildman–Crippen LogP) is 3.89. The van der Waals surface area contributed by atoms with Gasteiger partial charge in [0.1, 0.15) is 18.2 Å². The molecule has 0 saturated carbocycles. The number of rotatable bonds is 9. The third-order valence-electron chi connectivity index (χ3n) is 8.19. The Bertz CT molecular complexity index is 1780. The molecule has 0 unspecified atom stereocenters. The molecule has 4 aromatic rings. The quantitative estimate of drug-likeness (QED) is 0.313.